The highest BCUT2D eigenvalue weighted by atomic mass is 35.5. The van der Waals surface area contributed by atoms with E-state index in [1.807, 2.05) is 0 Å². The fourth-order valence-electron chi connectivity index (χ4n) is 0.946. The van der Waals surface area contributed by atoms with Gasteiger partial charge in [0.1, 0.15) is 0 Å². The van der Waals surface area contributed by atoms with Gasteiger partial charge in [-0.25, -0.2) is 0 Å². The Morgan fingerprint density at radius 1 is 1.42 bits per heavy atom. The molecule has 0 aliphatic carbocycles. The molecule has 0 aromatic heterocycles. The van der Waals surface area contributed by atoms with Crippen LogP contribution in [0.2, 0.25) is 0 Å². The van der Waals surface area contributed by atoms with Gasteiger partial charge in [0.05, 0.1) is 0 Å². The lowest BCUT2D eigenvalue weighted by molar-refractivity contribution is 0.154. The van der Waals surface area contributed by atoms with Gasteiger partial charge in [0.25, 0.3) is 0 Å². The first kappa shape index (κ1) is 12.2. The van der Waals surface area contributed by atoms with Crippen molar-refractivity contribution in [3.63, 3.8) is 0 Å². The van der Waals surface area contributed by atoms with Crippen molar-refractivity contribution in [2.75, 3.05) is 19.5 Å². The molecule has 0 radical (unpaired) electrons. The third-order valence-electron chi connectivity index (χ3n) is 2.64. The monoisotopic (exact) mass is 191 g/mol. The molecule has 0 N–H and O–H groups in total. The van der Waals surface area contributed by atoms with Crippen molar-refractivity contribution in [1.82, 2.24) is 4.90 Å². The molecule has 0 saturated carbocycles. The Balaban J connectivity index is 3.93. The Labute approximate surface area is 82.1 Å². The average Bonchev–Trinajstić information content (AvgIpc) is 2.04. The third kappa shape index (κ3) is 3.77. The maximum absolute atomic E-state index is 5.87. The normalized spacial score (nSPS) is 15.2. The van der Waals surface area contributed by atoms with Crippen molar-refractivity contribution in [3.8, 4) is 0 Å². The van der Waals surface area contributed by atoms with Gasteiger partial charge in [0.15, 0.2) is 0 Å². The predicted molar refractivity (Wildman–Crippen MR) is 56.9 cm³/mol. The lowest BCUT2D eigenvalue weighted by atomic mass is 10.0. The summed E-state index contributed by atoms with van der Waals surface area (Å²) in [6, 6.07) is 0. The Bertz CT molecular complexity index is 123. The van der Waals surface area contributed by atoms with Gasteiger partial charge in [0.2, 0.25) is 0 Å². The molecule has 0 aromatic carbocycles. The minimum Gasteiger partial charge on any atom is -0.300 e. The van der Waals surface area contributed by atoms with Gasteiger partial charge in [-0.1, -0.05) is 20.3 Å². The molecule has 0 rings (SSSR count). The van der Waals surface area contributed by atoms with Crippen LogP contribution in [-0.2, 0) is 0 Å². The highest BCUT2D eigenvalue weighted by Crippen LogP contribution is 2.16. The summed E-state index contributed by atoms with van der Waals surface area (Å²) < 4.78 is 0. The Morgan fingerprint density at radius 2 is 1.92 bits per heavy atom. The standard InChI is InChI=1S/C10H22ClN/c1-6-9(2)7-12(5)10(3,4)8-11/h9H,6-8H2,1-5H3. The summed E-state index contributed by atoms with van der Waals surface area (Å²) in [5.74, 6) is 1.46. The molecular formula is C10H22ClN. The fraction of sp³-hybridized carbons (Fsp3) is 1.00. The summed E-state index contributed by atoms with van der Waals surface area (Å²) in [5.41, 5.74) is 0.130. The number of rotatable bonds is 5. The zero-order valence-corrected chi connectivity index (χ0v) is 9.78. The third-order valence-corrected chi connectivity index (χ3v) is 3.30. The minimum absolute atomic E-state index is 0.130. The van der Waals surface area contributed by atoms with Crippen LogP contribution < -0.4 is 0 Å². The summed E-state index contributed by atoms with van der Waals surface area (Å²) in [6.07, 6.45) is 1.24. The summed E-state index contributed by atoms with van der Waals surface area (Å²) >= 11 is 5.87. The molecule has 0 fully saturated rings. The highest BCUT2D eigenvalue weighted by Gasteiger charge is 2.22. The van der Waals surface area contributed by atoms with E-state index < -0.39 is 0 Å². The number of alkyl halides is 1. The van der Waals surface area contributed by atoms with Gasteiger partial charge in [0, 0.05) is 18.0 Å². The molecule has 0 heterocycles. The molecule has 2 heteroatoms. The first-order valence-corrected chi connectivity index (χ1v) is 5.24. The maximum atomic E-state index is 5.87. The number of nitrogens with zero attached hydrogens (tertiary/aromatic N) is 1. The number of halogens is 1. The van der Waals surface area contributed by atoms with Crippen molar-refractivity contribution >= 4 is 11.6 Å². The van der Waals surface area contributed by atoms with Crippen molar-refractivity contribution in [2.24, 2.45) is 5.92 Å². The van der Waals surface area contributed by atoms with E-state index in [1.54, 1.807) is 0 Å². The molecular weight excluding hydrogens is 170 g/mol. The van der Waals surface area contributed by atoms with Crippen LogP contribution in [0.3, 0.4) is 0 Å². The quantitative estimate of drug-likeness (QED) is 0.604. The topological polar surface area (TPSA) is 3.24 Å². The van der Waals surface area contributed by atoms with E-state index in [1.165, 1.54) is 6.42 Å². The first-order valence-electron chi connectivity index (χ1n) is 4.71. The maximum Gasteiger partial charge on any atom is 0.0402 e. The lowest BCUT2D eigenvalue weighted by Gasteiger charge is -2.35. The van der Waals surface area contributed by atoms with Crippen molar-refractivity contribution in [3.05, 3.63) is 0 Å². The average molecular weight is 192 g/mol. The molecule has 0 spiro atoms. The minimum atomic E-state index is 0.130. The summed E-state index contributed by atoms with van der Waals surface area (Å²) in [7, 11) is 2.15. The summed E-state index contributed by atoms with van der Waals surface area (Å²) in [4.78, 5) is 2.34. The van der Waals surface area contributed by atoms with Crippen LogP contribution in [0.25, 0.3) is 0 Å². The molecule has 0 amide bonds. The van der Waals surface area contributed by atoms with Crippen LogP contribution >= 0.6 is 11.6 Å². The molecule has 0 aliphatic heterocycles. The molecule has 0 saturated heterocycles. The smallest absolute Gasteiger partial charge is 0.0402 e. The van der Waals surface area contributed by atoms with Crippen molar-refractivity contribution < 1.29 is 0 Å². The molecule has 12 heavy (non-hydrogen) atoms. The van der Waals surface area contributed by atoms with E-state index in [9.17, 15) is 0 Å². The molecule has 0 bridgehead atoms. The molecule has 74 valence electrons. The number of hydrogen-bond donors (Lipinski definition) is 0. The van der Waals surface area contributed by atoms with E-state index in [4.69, 9.17) is 11.6 Å². The zero-order valence-electron chi connectivity index (χ0n) is 9.02. The van der Waals surface area contributed by atoms with Crippen molar-refractivity contribution in [1.29, 1.82) is 0 Å². The van der Waals surface area contributed by atoms with Gasteiger partial charge in [-0.3, -0.25) is 4.90 Å². The van der Waals surface area contributed by atoms with Crippen LogP contribution in [-0.4, -0.2) is 29.9 Å². The van der Waals surface area contributed by atoms with E-state index in [0.717, 1.165) is 12.5 Å². The second-order valence-electron chi connectivity index (χ2n) is 4.34. The van der Waals surface area contributed by atoms with E-state index in [2.05, 4.69) is 39.6 Å². The van der Waals surface area contributed by atoms with E-state index in [-0.39, 0.29) is 5.54 Å². The largest absolute Gasteiger partial charge is 0.300 e. The molecule has 0 aromatic rings. The van der Waals surface area contributed by atoms with Gasteiger partial charge in [-0.05, 0) is 26.8 Å². The SMILES string of the molecule is CCC(C)CN(C)C(C)(C)CCl. The fourth-order valence-corrected chi connectivity index (χ4v) is 1.15. The van der Waals surface area contributed by atoms with Crippen LogP contribution in [0.1, 0.15) is 34.1 Å². The van der Waals surface area contributed by atoms with E-state index >= 15 is 0 Å². The second-order valence-corrected chi connectivity index (χ2v) is 4.61. The van der Waals surface area contributed by atoms with Crippen LogP contribution in [0.15, 0.2) is 0 Å². The molecule has 1 unspecified atom stereocenters. The zero-order chi connectivity index (χ0) is 9.78. The molecule has 0 aliphatic rings. The summed E-state index contributed by atoms with van der Waals surface area (Å²) in [5, 5.41) is 0. The summed E-state index contributed by atoms with van der Waals surface area (Å²) in [6.45, 7) is 10.0. The van der Waals surface area contributed by atoms with Gasteiger partial charge in [-0.15, -0.1) is 11.6 Å². The number of hydrogen-bond acceptors (Lipinski definition) is 1. The van der Waals surface area contributed by atoms with Crippen LogP contribution in [0.5, 0.6) is 0 Å². The van der Waals surface area contributed by atoms with Gasteiger partial charge < -0.3 is 0 Å². The van der Waals surface area contributed by atoms with E-state index in [0.29, 0.717) is 5.88 Å². The highest BCUT2D eigenvalue weighted by molar-refractivity contribution is 6.18. The van der Waals surface area contributed by atoms with Crippen molar-refractivity contribution in [2.45, 2.75) is 39.7 Å². The second kappa shape index (κ2) is 5.08. The predicted octanol–water partition coefficient (Wildman–Crippen LogP) is 2.98. The Hall–Kier alpha value is 0.250. The molecule has 1 atom stereocenters. The lowest BCUT2D eigenvalue weighted by Crippen LogP contribution is -2.44. The van der Waals surface area contributed by atoms with Crippen LogP contribution in [0.4, 0.5) is 0 Å². The Kier molecular flexibility index (Phi) is 5.19. The Morgan fingerprint density at radius 3 is 2.25 bits per heavy atom. The van der Waals surface area contributed by atoms with Gasteiger partial charge in [-0.2, -0.15) is 0 Å². The van der Waals surface area contributed by atoms with Gasteiger partial charge >= 0.3 is 0 Å². The van der Waals surface area contributed by atoms with Crippen LogP contribution in [0, 0.1) is 5.92 Å². The molecule has 1 nitrogen and oxygen atoms in total. The first-order chi connectivity index (χ1) is 5.44.